The Morgan fingerprint density at radius 1 is 1.21 bits per heavy atom. The first kappa shape index (κ1) is 15.1. The molecule has 0 aliphatic rings. The van der Waals surface area contributed by atoms with Gasteiger partial charge in [0.25, 0.3) is 0 Å². The van der Waals surface area contributed by atoms with E-state index in [-0.39, 0.29) is 11.9 Å². The highest BCUT2D eigenvalue weighted by Gasteiger charge is 2.07. The molecule has 0 saturated heterocycles. The standard InChI is InChI=1S/C15H21NO3/c1-10(2)16-15(17)8-11(3)12-6-7-13(18-4)14(9-12)19-5/h6-10H,1-5H3,(H,16,17)/b11-8+. The second-order valence-corrected chi connectivity index (χ2v) is 4.56. The summed E-state index contributed by atoms with van der Waals surface area (Å²) in [6.45, 7) is 5.75. The number of amides is 1. The van der Waals surface area contributed by atoms with Crippen LogP contribution in [-0.4, -0.2) is 26.2 Å². The lowest BCUT2D eigenvalue weighted by Gasteiger charge is -2.10. The van der Waals surface area contributed by atoms with E-state index in [4.69, 9.17) is 9.47 Å². The zero-order chi connectivity index (χ0) is 14.4. The topological polar surface area (TPSA) is 47.6 Å². The van der Waals surface area contributed by atoms with Crippen LogP contribution in [0.25, 0.3) is 5.57 Å². The third-order valence-electron chi connectivity index (χ3n) is 2.62. The average molecular weight is 263 g/mol. The Bertz CT molecular complexity index is 478. The lowest BCUT2D eigenvalue weighted by Crippen LogP contribution is -2.28. The van der Waals surface area contributed by atoms with Gasteiger partial charge in [0, 0.05) is 12.1 Å². The minimum absolute atomic E-state index is 0.0951. The van der Waals surface area contributed by atoms with E-state index >= 15 is 0 Å². The second kappa shape index (κ2) is 6.83. The molecule has 0 aliphatic carbocycles. The van der Waals surface area contributed by atoms with Gasteiger partial charge >= 0.3 is 0 Å². The first-order valence-corrected chi connectivity index (χ1v) is 6.19. The molecule has 1 aromatic carbocycles. The first-order valence-electron chi connectivity index (χ1n) is 6.19. The van der Waals surface area contributed by atoms with Crippen LogP contribution in [0.1, 0.15) is 26.3 Å². The van der Waals surface area contributed by atoms with Crippen LogP contribution in [0.5, 0.6) is 11.5 Å². The van der Waals surface area contributed by atoms with Gasteiger partial charge in [0.15, 0.2) is 11.5 Å². The highest BCUT2D eigenvalue weighted by molar-refractivity contribution is 5.95. The van der Waals surface area contributed by atoms with Crippen molar-refractivity contribution in [1.82, 2.24) is 5.32 Å². The molecule has 19 heavy (non-hydrogen) atoms. The van der Waals surface area contributed by atoms with Crippen LogP contribution in [0, 0.1) is 0 Å². The molecular formula is C15H21NO3. The Hall–Kier alpha value is -1.97. The average Bonchev–Trinajstić information content (AvgIpc) is 2.36. The number of ether oxygens (including phenoxy) is 2. The van der Waals surface area contributed by atoms with Crippen LogP contribution in [-0.2, 0) is 4.79 Å². The van der Waals surface area contributed by atoms with Gasteiger partial charge in [0.05, 0.1) is 14.2 Å². The Balaban J connectivity index is 2.96. The molecule has 0 saturated carbocycles. The summed E-state index contributed by atoms with van der Waals surface area (Å²) in [6.07, 6.45) is 1.58. The molecule has 0 radical (unpaired) electrons. The van der Waals surface area contributed by atoms with Gasteiger partial charge in [-0.25, -0.2) is 0 Å². The number of rotatable bonds is 5. The molecule has 0 atom stereocenters. The van der Waals surface area contributed by atoms with Gasteiger partial charge in [-0.15, -0.1) is 0 Å². The zero-order valence-corrected chi connectivity index (χ0v) is 12.1. The van der Waals surface area contributed by atoms with Gasteiger partial charge < -0.3 is 14.8 Å². The van der Waals surface area contributed by atoms with Gasteiger partial charge in [-0.2, -0.15) is 0 Å². The fourth-order valence-corrected chi connectivity index (χ4v) is 1.69. The van der Waals surface area contributed by atoms with Crippen LogP contribution in [0.2, 0.25) is 0 Å². The lowest BCUT2D eigenvalue weighted by atomic mass is 10.1. The Morgan fingerprint density at radius 2 is 1.84 bits per heavy atom. The van der Waals surface area contributed by atoms with Gasteiger partial charge in [0.1, 0.15) is 0 Å². The fraction of sp³-hybridized carbons (Fsp3) is 0.400. The van der Waals surface area contributed by atoms with E-state index in [0.717, 1.165) is 11.1 Å². The molecule has 1 rings (SSSR count). The number of nitrogens with one attached hydrogen (secondary N) is 1. The van der Waals surface area contributed by atoms with Crippen molar-refractivity contribution in [3.05, 3.63) is 29.8 Å². The van der Waals surface area contributed by atoms with Crippen LogP contribution in [0.3, 0.4) is 0 Å². The summed E-state index contributed by atoms with van der Waals surface area (Å²) < 4.78 is 10.4. The van der Waals surface area contributed by atoms with Gasteiger partial charge in [-0.1, -0.05) is 6.07 Å². The number of benzene rings is 1. The highest BCUT2D eigenvalue weighted by Crippen LogP contribution is 2.30. The van der Waals surface area contributed by atoms with E-state index in [1.165, 1.54) is 0 Å². The molecular weight excluding hydrogens is 242 g/mol. The Kier molecular flexibility index (Phi) is 5.42. The molecule has 0 fully saturated rings. The summed E-state index contributed by atoms with van der Waals surface area (Å²) in [7, 11) is 3.18. The van der Waals surface area contributed by atoms with Crippen molar-refractivity contribution < 1.29 is 14.3 Å². The van der Waals surface area contributed by atoms with E-state index in [1.807, 2.05) is 39.0 Å². The number of hydrogen-bond acceptors (Lipinski definition) is 3. The zero-order valence-electron chi connectivity index (χ0n) is 12.1. The first-order chi connectivity index (χ1) is 8.97. The van der Waals surface area contributed by atoms with Crippen molar-refractivity contribution in [3.8, 4) is 11.5 Å². The third kappa shape index (κ3) is 4.32. The largest absolute Gasteiger partial charge is 0.493 e. The van der Waals surface area contributed by atoms with Crippen LogP contribution < -0.4 is 14.8 Å². The predicted molar refractivity (Wildman–Crippen MR) is 76.5 cm³/mol. The van der Waals surface area contributed by atoms with Crippen LogP contribution in [0.15, 0.2) is 24.3 Å². The maximum absolute atomic E-state index is 11.7. The van der Waals surface area contributed by atoms with E-state index in [0.29, 0.717) is 11.5 Å². The molecule has 104 valence electrons. The van der Waals surface area contributed by atoms with Gasteiger partial charge in [0.2, 0.25) is 5.91 Å². The SMILES string of the molecule is COc1ccc(/C(C)=C/C(=O)NC(C)C)cc1OC. The quantitative estimate of drug-likeness (QED) is 0.831. The molecule has 4 nitrogen and oxygen atoms in total. The summed E-state index contributed by atoms with van der Waals surface area (Å²) in [5.74, 6) is 1.23. The maximum Gasteiger partial charge on any atom is 0.244 e. The van der Waals surface area contributed by atoms with Crippen molar-refractivity contribution in [2.45, 2.75) is 26.8 Å². The summed E-state index contributed by atoms with van der Waals surface area (Å²) in [5.41, 5.74) is 1.80. The normalized spacial score (nSPS) is 11.4. The van der Waals surface area contributed by atoms with E-state index in [1.54, 1.807) is 20.3 Å². The molecule has 1 N–H and O–H groups in total. The smallest absolute Gasteiger partial charge is 0.244 e. The summed E-state index contributed by atoms with van der Waals surface area (Å²) in [6, 6.07) is 5.71. The minimum Gasteiger partial charge on any atom is -0.493 e. The number of carbonyl (C=O) groups excluding carboxylic acids is 1. The second-order valence-electron chi connectivity index (χ2n) is 4.56. The van der Waals surface area contributed by atoms with Crippen molar-refractivity contribution in [1.29, 1.82) is 0 Å². The molecule has 0 aromatic heterocycles. The van der Waals surface area contributed by atoms with Crippen molar-refractivity contribution in [2.24, 2.45) is 0 Å². The van der Waals surface area contributed by atoms with Crippen molar-refractivity contribution in [2.75, 3.05) is 14.2 Å². The van der Waals surface area contributed by atoms with E-state index in [9.17, 15) is 4.79 Å². The molecule has 1 amide bonds. The van der Waals surface area contributed by atoms with Crippen LogP contribution in [0.4, 0.5) is 0 Å². The summed E-state index contributed by atoms with van der Waals surface area (Å²) in [4.78, 5) is 11.7. The molecule has 0 spiro atoms. The molecule has 1 aromatic rings. The highest BCUT2D eigenvalue weighted by atomic mass is 16.5. The third-order valence-corrected chi connectivity index (χ3v) is 2.62. The molecule has 4 heteroatoms. The number of methoxy groups -OCH3 is 2. The Morgan fingerprint density at radius 3 is 2.37 bits per heavy atom. The summed E-state index contributed by atoms with van der Waals surface area (Å²) >= 11 is 0. The van der Waals surface area contributed by atoms with Crippen molar-refractivity contribution >= 4 is 11.5 Å². The summed E-state index contributed by atoms with van der Waals surface area (Å²) in [5, 5.41) is 2.82. The molecule has 0 bridgehead atoms. The van der Waals surface area contributed by atoms with Crippen molar-refractivity contribution in [3.63, 3.8) is 0 Å². The monoisotopic (exact) mass is 263 g/mol. The fourth-order valence-electron chi connectivity index (χ4n) is 1.69. The van der Waals surface area contributed by atoms with Crippen LogP contribution >= 0.6 is 0 Å². The molecule has 0 aliphatic heterocycles. The molecule has 0 unspecified atom stereocenters. The Labute approximate surface area is 114 Å². The maximum atomic E-state index is 11.7. The number of carbonyl (C=O) groups is 1. The van der Waals surface area contributed by atoms with Gasteiger partial charge in [-0.3, -0.25) is 4.79 Å². The minimum atomic E-state index is -0.0951. The number of hydrogen-bond donors (Lipinski definition) is 1. The molecule has 0 heterocycles. The van der Waals surface area contributed by atoms with E-state index < -0.39 is 0 Å². The number of allylic oxidation sites excluding steroid dienone is 1. The lowest BCUT2D eigenvalue weighted by molar-refractivity contribution is -0.116. The van der Waals surface area contributed by atoms with Gasteiger partial charge in [-0.05, 0) is 44.0 Å². The van der Waals surface area contributed by atoms with E-state index in [2.05, 4.69) is 5.32 Å². The predicted octanol–water partition coefficient (Wildman–Crippen LogP) is 2.63.